The van der Waals surface area contributed by atoms with E-state index in [0.29, 0.717) is 6.42 Å². The van der Waals surface area contributed by atoms with Crippen LogP contribution in [0.15, 0.2) is 0 Å². The molecular weight excluding hydrogens is 204 g/mol. The topological polar surface area (TPSA) is 78.9 Å². The summed E-state index contributed by atoms with van der Waals surface area (Å²) in [6, 6.07) is 0. The Labute approximate surface area is 87.5 Å². The van der Waals surface area contributed by atoms with Gasteiger partial charge in [-0.15, -0.1) is 0 Å². The summed E-state index contributed by atoms with van der Waals surface area (Å²) in [5.74, 6) is -1.52. The number of carbonyl (C=O) groups excluding carboxylic acids is 3. The first-order chi connectivity index (χ1) is 7.06. The largest absolute Gasteiger partial charge is 0.466 e. The van der Waals surface area contributed by atoms with Gasteiger partial charge in [0.2, 0.25) is 0 Å². The first kappa shape index (κ1) is 13.4. The molecule has 0 aliphatic carbocycles. The van der Waals surface area contributed by atoms with Crippen molar-refractivity contribution < 1.29 is 28.6 Å². The highest BCUT2D eigenvalue weighted by Crippen LogP contribution is 1.94. The van der Waals surface area contributed by atoms with Crippen LogP contribution >= 0.6 is 0 Å². The van der Waals surface area contributed by atoms with Crippen LogP contribution in [0.4, 0.5) is 0 Å². The second-order valence-electron chi connectivity index (χ2n) is 2.68. The standard InChI is InChI=1S/C9H14O6/c1-7(10)14-5-3-4-8(11)15-6-9(12)13-2/h3-6H2,1-2H3. The molecule has 15 heavy (non-hydrogen) atoms. The Morgan fingerprint density at radius 1 is 1.07 bits per heavy atom. The molecule has 0 heterocycles. The fourth-order valence-electron chi connectivity index (χ4n) is 0.703. The molecule has 0 atom stereocenters. The lowest BCUT2D eigenvalue weighted by atomic mass is 10.3. The van der Waals surface area contributed by atoms with Crippen LogP contribution in [0.1, 0.15) is 19.8 Å². The molecule has 0 saturated carbocycles. The average Bonchev–Trinajstić information content (AvgIpc) is 2.20. The molecule has 6 nitrogen and oxygen atoms in total. The van der Waals surface area contributed by atoms with Crippen molar-refractivity contribution in [3.05, 3.63) is 0 Å². The fraction of sp³-hybridized carbons (Fsp3) is 0.667. The number of methoxy groups -OCH3 is 1. The molecule has 0 spiro atoms. The van der Waals surface area contributed by atoms with E-state index in [2.05, 4.69) is 14.2 Å². The molecular formula is C9H14O6. The fourth-order valence-corrected chi connectivity index (χ4v) is 0.703. The third kappa shape index (κ3) is 8.73. The van der Waals surface area contributed by atoms with Gasteiger partial charge in [0.05, 0.1) is 13.7 Å². The molecule has 0 saturated heterocycles. The van der Waals surface area contributed by atoms with Gasteiger partial charge in [-0.3, -0.25) is 9.59 Å². The third-order valence-corrected chi connectivity index (χ3v) is 1.41. The van der Waals surface area contributed by atoms with Crippen molar-refractivity contribution in [1.82, 2.24) is 0 Å². The molecule has 0 aromatic rings. The van der Waals surface area contributed by atoms with E-state index in [9.17, 15) is 14.4 Å². The maximum absolute atomic E-state index is 10.9. The van der Waals surface area contributed by atoms with E-state index in [1.165, 1.54) is 14.0 Å². The Hall–Kier alpha value is -1.59. The van der Waals surface area contributed by atoms with E-state index in [0.717, 1.165) is 0 Å². The van der Waals surface area contributed by atoms with Gasteiger partial charge in [0.25, 0.3) is 0 Å². The SMILES string of the molecule is COC(=O)COC(=O)CCCOC(C)=O. The van der Waals surface area contributed by atoms with Crippen molar-refractivity contribution in [2.45, 2.75) is 19.8 Å². The van der Waals surface area contributed by atoms with Crippen molar-refractivity contribution in [1.29, 1.82) is 0 Å². The van der Waals surface area contributed by atoms with E-state index in [1.807, 2.05) is 0 Å². The number of hydrogen-bond acceptors (Lipinski definition) is 6. The number of ether oxygens (including phenoxy) is 3. The van der Waals surface area contributed by atoms with Crippen molar-refractivity contribution in [2.75, 3.05) is 20.3 Å². The summed E-state index contributed by atoms with van der Waals surface area (Å²) in [4.78, 5) is 31.8. The summed E-state index contributed by atoms with van der Waals surface area (Å²) in [6.45, 7) is 1.07. The average molecular weight is 218 g/mol. The van der Waals surface area contributed by atoms with E-state index in [1.54, 1.807) is 0 Å². The van der Waals surface area contributed by atoms with Gasteiger partial charge in [-0.05, 0) is 6.42 Å². The highest BCUT2D eigenvalue weighted by atomic mass is 16.6. The molecule has 0 fully saturated rings. The van der Waals surface area contributed by atoms with Gasteiger partial charge in [0.15, 0.2) is 6.61 Å². The zero-order valence-corrected chi connectivity index (χ0v) is 8.78. The van der Waals surface area contributed by atoms with Gasteiger partial charge in [-0.25, -0.2) is 4.79 Å². The van der Waals surface area contributed by atoms with E-state index in [-0.39, 0.29) is 19.6 Å². The van der Waals surface area contributed by atoms with Crippen LogP contribution in [0.5, 0.6) is 0 Å². The van der Waals surface area contributed by atoms with Crippen molar-refractivity contribution in [3.8, 4) is 0 Å². The summed E-state index contributed by atoms with van der Waals surface area (Å²) in [5.41, 5.74) is 0. The predicted molar refractivity (Wildman–Crippen MR) is 48.8 cm³/mol. The first-order valence-electron chi connectivity index (χ1n) is 4.42. The Morgan fingerprint density at radius 2 is 1.73 bits per heavy atom. The molecule has 6 heteroatoms. The lowest BCUT2D eigenvalue weighted by Gasteiger charge is -2.03. The Kier molecular flexibility index (Phi) is 6.96. The Balaban J connectivity index is 3.41. The van der Waals surface area contributed by atoms with Gasteiger partial charge >= 0.3 is 17.9 Å². The lowest BCUT2D eigenvalue weighted by Crippen LogP contribution is -2.15. The van der Waals surface area contributed by atoms with Crippen molar-refractivity contribution >= 4 is 17.9 Å². The number of rotatable bonds is 6. The van der Waals surface area contributed by atoms with E-state index in [4.69, 9.17) is 0 Å². The third-order valence-electron chi connectivity index (χ3n) is 1.41. The van der Waals surface area contributed by atoms with Crippen LogP contribution in [0.25, 0.3) is 0 Å². The first-order valence-corrected chi connectivity index (χ1v) is 4.42. The molecule has 0 aromatic carbocycles. The maximum Gasteiger partial charge on any atom is 0.344 e. The second-order valence-corrected chi connectivity index (χ2v) is 2.68. The molecule has 0 N–H and O–H groups in total. The minimum absolute atomic E-state index is 0.101. The van der Waals surface area contributed by atoms with Gasteiger partial charge in [0.1, 0.15) is 0 Å². The van der Waals surface area contributed by atoms with Gasteiger partial charge in [0, 0.05) is 13.3 Å². The highest BCUT2D eigenvalue weighted by Gasteiger charge is 2.07. The molecule has 0 aliphatic heterocycles. The molecule has 86 valence electrons. The van der Waals surface area contributed by atoms with Crippen LogP contribution < -0.4 is 0 Å². The molecule has 0 aromatic heterocycles. The molecule has 0 bridgehead atoms. The smallest absolute Gasteiger partial charge is 0.344 e. The van der Waals surface area contributed by atoms with Gasteiger partial charge in [-0.2, -0.15) is 0 Å². The highest BCUT2D eigenvalue weighted by molar-refractivity contribution is 5.76. The minimum atomic E-state index is -0.608. The normalized spacial score (nSPS) is 9.20. The van der Waals surface area contributed by atoms with Crippen molar-refractivity contribution in [2.24, 2.45) is 0 Å². The Bertz CT molecular complexity index is 235. The predicted octanol–water partition coefficient (Wildman–Crippen LogP) is 0.0459. The van der Waals surface area contributed by atoms with Crippen LogP contribution in [-0.2, 0) is 28.6 Å². The van der Waals surface area contributed by atoms with Crippen LogP contribution in [-0.4, -0.2) is 38.2 Å². The zero-order valence-electron chi connectivity index (χ0n) is 8.78. The van der Waals surface area contributed by atoms with Crippen LogP contribution in [0.3, 0.4) is 0 Å². The molecule has 0 aliphatic rings. The molecule has 0 rings (SSSR count). The number of hydrogen-bond donors (Lipinski definition) is 0. The van der Waals surface area contributed by atoms with E-state index >= 15 is 0 Å². The number of carbonyl (C=O) groups is 3. The summed E-state index contributed by atoms with van der Waals surface area (Å²) in [7, 11) is 1.21. The second kappa shape index (κ2) is 7.78. The molecule has 0 amide bonds. The molecule has 0 unspecified atom stereocenters. The van der Waals surface area contributed by atoms with E-state index < -0.39 is 17.9 Å². The van der Waals surface area contributed by atoms with Crippen LogP contribution in [0.2, 0.25) is 0 Å². The van der Waals surface area contributed by atoms with Gasteiger partial charge < -0.3 is 14.2 Å². The maximum atomic E-state index is 10.9. The quantitative estimate of drug-likeness (QED) is 0.356. The summed E-state index contributed by atoms with van der Waals surface area (Å²) in [6.07, 6.45) is 0.476. The molecule has 0 radical (unpaired) electrons. The zero-order chi connectivity index (χ0) is 11.7. The van der Waals surface area contributed by atoms with Crippen molar-refractivity contribution in [3.63, 3.8) is 0 Å². The summed E-state index contributed by atoms with van der Waals surface area (Å²) < 4.78 is 13.4. The monoisotopic (exact) mass is 218 g/mol. The number of esters is 3. The summed E-state index contributed by atoms with van der Waals surface area (Å²) in [5, 5.41) is 0. The van der Waals surface area contributed by atoms with Gasteiger partial charge in [-0.1, -0.05) is 0 Å². The van der Waals surface area contributed by atoms with Crippen LogP contribution in [0, 0.1) is 0 Å². The lowest BCUT2D eigenvalue weighted by molar-refractivity contribution is -0.157. The minimum Gasteiger partial charge on any atom is -0.466 e. The summed E-state index contributed by atoms with van der Waals surface area (Å²) >= 11 is 0. The Morgan fingerprint density at radius 3 is 2.27 bits per heavy atom.